The van der Waals surface area contributed by atoms with Gasteiger partial charge in [0.25, 0.3) is 0 Å². The molecule has 0 aliphatic rings. The van der Waals surface area contributed by atoms with Gasteiger partial charge in [-0.3, -0.25) is 4.79 Å². The largest absolute Gasteiger partial charge is 0.507 e. The molecule has 2 aromatic rings. The van der Waals surface area contributed by atoms with Crippen molar-refractivity contribution >= 4 is 16.7 Å². The number of carbonyl (C=O) groups excluding carboxylic acids is 1. The van der Waals surface area contributed by atoms with E-state index < -0.39 is 0 Å². The maximum absolute atomic E-state index is 10.6. The molecule has 0 radical (unpaired) electrons. The van der Waals surface area contributed by atoms with Crippen molar-refractivity contribution in [1.29, 1.82) is 0 Å². The Labute approximate surface area is 99.9 Å². The molecule has 0 aliphatic carbocycles. The van der Waals surface area contributed by atoms with Gasteiger partial charge in [-0.25, -0.2) is 0 Å². The van der Waals surface area contributed by atoms with Crippen molar-refractivity contribution in [1.82, 2.24) is 0 Å². The molecule has 3 heteroatoms. The molecule has 0 spiro atoms. The van der Waals surface area contributed by atoms with E-state index in [2.05, 4.69) is 0 Å². The summed E-state index contributed by atoms with van der Waals surface area (Å²) in [5, 5.41) is 12.0. The summed E-state index contributed by atoms with van der Waals surface area (Å²) in [5.74, 6) is 0.0119. The van der Waals surface area contributed by atoms with Crippen LogP contribution in [-0.4, -0.2) is 11.0 Å². The Kier molecular flexibility index (Phi) is 3.28. The molecular weight excluding hydrogens is 214 g/mol. The Morgan fingerprint density at radius 2 is 1.94 bits per heavy atom. The summed E-state index contributed by atoms with van der Waals surface area (Å²) in [6, 6.07) is 11.6. The molecule has 0 saturated heterocycles. The van der Waals surface area contributed by atoms with Gasteiger partial charge in [-0.05, 0) is 23.8 Å². The van der Waals surface area contributed by atoms with Crippen LogP contribution in [0.4, 0.5) is 0 Å². The Morgan fingerprint density at radius 1 is 1.18 bits per heavy atom. The number of aromatic hydroxyl groups is 1. The minimum Gasteiger partial charge on any atom is -0.507 e. The van der Waals surface area contributed by atoms with E-state index in [0.29, 0.717) is 25.0 Å². The predicted molar refractivity (Wildman–Crippen MR) is 67.7 cm³/mol. The van der Waals surface area contributed by atoms with Crippen LogP contribution < -0.4 is 5.73 Å². The minimum absolute atomic E-state index is 0.301. The van der Waals surface area contributed by atoms with Crippen LogP contribution in [0, 0.1) is 0 Å². The van der Waals surface area contributed by atoms with Crippen molar-refractivity contribution < 1.29 is 9.90 Å². The van der Waals surface area contributed by atoms with Crippen LogP contribution in [0.25, 0.3) is 10.8 Å². The first-order chi connectivity index (χ1) is 8.18. The Hall–Kier alpha value is -2.03. The second-order valence-corrected chi connectivity index (χ2v) is 4.11. The third-order valence-electron chi connectivity index (χ3n) is 2.85. The average Bonchev–Trinajstić information content (AvgIpc) is 2.32. The maximum Gasteiger partial charge on any atom is 0.217 e. The SMILES string of the molecule is NC(=O)CCCc1ccc2ccccc2c1O. The number of aryl methyl sites for hydroxylation is 1. The van der Waals surface area contributed by atoms with E-state index in [1.54, 1.807) is 0 Å². The number of fused-ring (bicyclic) bond motifs is 1. The third-order valence-corrected chi connectivity index (χ3v) is 2.85. The number of amides is 1. The second-order valence-electron chi connectivity index (χ2n) is 4.11. The average molecular weight is 229 g/mol. The Bertz CT molecular complexity index is 549. The molecule has 88 valence electrons. The molecule has 0 fully saturated rings. The lowest BCUT2D eigenvalue weighted by molar-refractivity contribution is -0.118. The second kappa shape index (κ2) is 4.87. The molecule has 0 saturated carbocycles. The Morgan fingerprint density at radius 3 is 2.71 bits per heavy atom. The van der Waals surface area contributed by atoms with Crippen molar-refractivity contribution in [2.75, 3.05) is 0 Å². The van der Waals surface area contributed by atoms with Crippen molar-refractivity contribution in [3.63, 3.8) is 0 Å². The highest BCUT2D eigenvalue weighted by Crippen LogP contribution is 2.29. The first kappa shape index (κ1) is 11.5. The van der Waals surface area contributed by atoms with E-state index in [0.717, 1.165) is 16.3 Å². The topological polar surface area (TPSA) is 63.3 Å². The number of phenolic OH excluding ortho intramolecular Hbond substituents is 1. The van der Waals surface area contributed by atoms with E-state index >= 15 is 0 Å². The first-order valence-electron chi connectivity index (χ1n) is 5.66. The van der Waals surface area contributed by atoms with Crippen molar-refractivity contribution in [2.45, 2.75) is 19.3 Å². The monoisotopic (exact) mass is 229 g/mol. The van der Waals surface area contributed by atoms with Gasteiger partial charge in [-0.2, -0.15) is 0 Å². The zero-order chi connectivity index (χ0) is 12.3. The summed E-state index contributed by atoms with van der Waals surface area (Å²) in [6.07, 6.45) is 1.69. The van der Waals surface area contributed by atoms with Gasteiger partial charge in [0, 0.05) is 11.8 Å². The molecule has 2 rings (SSSR count). The molecule has 0 atom stereocenters. The van der Waals surface area contributed by atoms with Crippen LogP contribution in [-0.2, 0) is 11.2 Å². The van der Waals surface area contributed by atoms with Gasteiger partial charge in [0.1, 0.15) is 5.75 Å². The molecule has 0 unspecified atom stereocenters. The molecule has 0 aliphatic heterocycles. The zero-order valence-electron chi connectivity index (χ0n) is 9.52. The molecule has 1 amide bonds. The van der Waals surface area contributed by atoms with Crippen LogP contribution in [0.1, 0.15) is 18.4 Å². The van der Waals surface area contributed by atoms with E-state index in [1.165, 1.54) is 0 Å². The van der Waals surface area contributed by atoms with Gasteiger partial charge in [0.15, 0.2) is 0 Å². The number of hydrogen-bond donors (Lipinski definition) is 2. The maximum atomic E-state index is 10.6. The van der Waals surface area contributed by atoms with Gasteiger partial charge < -0.3 is 10.8 Å². The summed E-state index contributed by atoms with van der Waals surface area (Å²) < 4.78 is 0. The molecule has 0 bridgehead atoms. The normalized spacial score (nSPS) is 10.6. The zero-order valence-corrected chi connectivity index (χ0v) is 9.52. The number of primary amides is 1. The summed E-state index contributed by atoms with van der Waals surface area (Å²) in [6.45, 7) is 0. The fraction of sp³-hybridized carbons (Fsp3) is 0.214. The fourth-order valence-corrected chi connectivity index (χ4v) is 1.96. The lowest BCUT2D eigenvalue weighted by Crippen LogP contribution is -2.10. The highest BCUT2D eigenvalue weighted by molar-refractivity contribution is 5.89. The molecule has 0 aromatic heterocycles. The predicted octanol–water partition coefficient (Wildman–Crippen LogP) is 2.35. The van der Waals surface area contributed by atoms with E-state index in [9.17, 15) is 9.90 Å². The molecular formula is C14H15NO2. The van der Waals surface area contributed by atoms with E-state index in [1.807, 2.05) is 36.4 Å². The summed E-state index contributed by atoms with van der Waals surface area (Å²) in [5.41, 5.74) is 5.95. The molecule has 2 aromatic carbocycles. The Balaban J connectivity index is 2.23. The minimum atomic E-state index is -0.301. The summed E-state index contributed by atoms with van der Waals surface area (Å²) in [7, 11) is 0. The molecule has 17 heavy (non-hydrogen) atoms. The number of benzene rings is 2. The highest BCUT2D eigenvalue weighted by atomic mass is 16.3. The standard InChI is InChI=1S/C14H15NO2/c15-13(16)7-3-5-11-9-8-10-4-1-2-6-12(10)14(11)17/h1-2,4,6,8-9,17H,3,5,7H2,(H2,15,16). The lowest BCUT2D eigenvalue weighted by atomic mass is 10.0. The fourth-order valence-electron chi connectivity index (χ4n) is 1.96. The van der Waals surface area contributed by atoms with Crippen LogP contribution in [0.5, 0.6) is 5.75 Å². The van der Waals surface area contributed by atoms with E-state index in [4.69, 9.17) is 5.73 Å². The summed E-state index contributed by atoms with van der Waals surface area (Å²) >= 11 is 0. The van der Waals surface area contributed by atoms with Crippen LogP contribution in [0.15, 0.2) is 36.4 Å². The van der Waals surface area contributed by atoms with Crippen molar-refractivity contribution in [2.24, 2.45) is 5.73 Å². The number of nitrogens with two attached hydrogens (primary N) is 1. The molecule has 0 heterocycles. The molecule has 3 nitrogen and oxygen atoms in total. The van der Waals surface area contributed by atoms with Gasteiger partial charge in [-0.1, -0.05) is 36.4 Å². The lowest BCUT2D eigenvalue weighted by Gasteiger charge is -2.07. The van der Waals surface area contributed by atoms with Crippen LogP contribution >= 0.6 is 0 Å². The smallest absolute Gasteiger partial charge is 0.217 e. The van der Waals surface area contributed by atoms with Gasteiger partial charge in [0.2, 0.25) is 5.91 Å². The summed E-state index contributed by atoms with van der Waals surface area (Å²) in [4.78, 5) is 10.6. The van der Waals surface area contributed by atoms with Gasteiger partial charge in [-0.15, -0.1) is 0 Å². The van der Waals surface area contributed by atoms with Crippen molar-refractivity contribution in [3.8, 4) is 5.75 Å². The third kappa shape index (κ3) is 2.56. The quantitative estimate of drug-likeness (QED) is 0.845. The van der Waals surface area contributed by atoms with Gasteiger partial charge >= 0.3 is 0 Å². The first-order valence-corrected chi connectivity index (χ1v) is 5.66. The molecule has 3 N–H and O–H groups in total. The van der Waals surface area contributed by atoms with E-state index in [-0.39, 0.29) is 5.91 Å². The van der Waals surface area contributed by atoms with Crippen LogP contribution in [0.3, 0.4) is 0 Å². The number of hydrogen-bond acceptors (Lipinski definition) is 2. The van der Waals surface area contributed by atoms with Crippen molar-refractivity contribution in [3.05, 3.63) is 42.0 Å². The number of carbonyl (C=O) groups is 1. The number of phenols is 1. The van der Waals surface area contributed by atoms with Crippen LogP contribution in [0.2, 0.25) is 0 Å². The highest BCUT2D eigenvalue weighted by Gasteiger charge is 2.06. The van der Waals surface area contributed by atoms with Gasteiger partial charge in [0.05, 0.1) is 0 Å². The number of rotatable bonds is 4.